The number of aliphatic carboxylic acids is 2. The van der Waals surface area contributed by atoms with Crippen LogP contribution in [0.2, 0.25) is 0 Å². The fraction of sp³-hybridized carbons (Fsp3) is 0.478. The zero-order valence-electron chi connectivity index (χ0n) is 40.5. The van der Waals surface area contributed by atoms with Crippen molar-refractivity contribution < 1.29 is 68.1 Å². The molecular formula is C46H67N13O14. The summed E-state index contributed by atoms with van der Waals surface area (Å²) in [7, 11) is 0. The summed E-state index contributed by atoms with van der Waals surface area (Å²) in [6.45, 7) is 2.75. The molecule has 20 N–H and O–H groups in total. The highest BCUT2D eigenvalue weighted by molar-refractivity contribution is 5.98. The van der Waals surface area contributed by atoms with Crippen LogP contribution in [-0.4, -0.2) is 142 Å². The Labute approximate surface area is 419 Å². The Balaban J connectivity index is 2.46. The van der Waals surface area contributed by atoms with E-state index < -0.39 is 133 Å². The standard InChI is InChI=1S/C46H67N13O14/c1-24(2)19-31(57-44(71)34(22-36(49)62)56-39(66)28(47)14-17-38(64)65)41(68)58-33(21-26-10-12-27(60)13-11-26)43(70)59-32(20-25-7-4-3-5-8-25)42(69)55-29(15-16-35(48)61)40(67)53-23-37(63)54-30(45(72)73)9-6-18-52-46(50)51/h3-5,7-8,10-13,24,28-34,60H,6,9,14-23,47H2,1-2H3,(H2,48,61)(H2,49,62)(H,53,67)(H,54,63)(H,55,69)(H,56,66)(H,57,71)(H,58,68)(H,59,70)(H,64,65)(H,72,73)(H4,50,51,52)/t28-,29-,30-,31-,32-,33-,34-/m0/s1. The van der Waals surface area contributed by atoms with Crippen LogP contribution in [0.5, 0.6) is 5.75 Å². The number of hydrogen-bond donors (Lipinski definition) is 15. The molecule has 27 heteroatoms. The van der Waals surface area contributed by atoms with Crippen molar-refractivity contribution in [3.63, 3.8) is 0 Å². The van der Waals surface area contributed by atoms with E-state index >= 15 is 0 Å². The number of rotatable bonds is 33. The van der Waals surface area contributed by atoms with Gasteiger partial charge in [-0.2, -0.15) is 0 Å². The number of carboxylic acids is 2. The molecule has 0 saturated carbocycles. The number of benzene rings is 2. The number of carbonyl (C=O) groups excluding carboxylic acids is 9. The van der Waals surface area contributed by atoms with E-state index in [-0.39, 0.29) is 69.1 Å². The number of phenols is 1. The van der Waals surface area contributed by atoms with Gasteiger partial charge in [0, 0.05) is 32.2 Å². The predicted molar refractivity (Wildman–Crippen MR) is 261 cm³/mol. The Kier molecular flexibility index (Phi) is 25.9. The molecule has 0 aromatic heterocycles. The number of aliphatic imine (C=N–C) groups is 1. The van der Waals surface area contributed by atoms with Gasteiger partial charge >= 0.3 is 11.9 Å². The molecular weight excluding hydrogens is 959 g/mol. The molecule has 400 valence electrons. The van der Waals surface area contributed by atoms with Crippen LogP contribution in [0.4, 0.5) is 0 Å². The summed E-state index contributed by atoms with van der Waals surface area (Å²) in [5.41, 5.74) is 28.0. The Morgan fingerprint density at radius 2 is 1.08 bits per heavy atom. The molecule has 0 heterocycles. The van der Waals surface area contributed by atoms with Gasteiger partial charge in [-0.25, -0.2) is 4.79 Å². The van der Waals surface area contributed by atoms with Crippen LogP contribution < -0.4 is 65.9 Å². The lowest BCUT2D eigenvalue weighted by Gasteiger charge is -2.28. The Morgan fingerprint density at radius 3 is 1.60 bits per heavy atom. The Bertz CT molecular complexity index is 2280. The second kappa shape index (κ2) is 31.1. The number of nitrogens with zero attached hydrogens (tertiary/aromatic N) is 1. The molecule has 27 nitrogen and oxygen atoms in total. The van der Waals surface area contributed by atoms with E-state index in [0.29, 0.717) is 11.1 Å². The van der Waals surface area contributed by atoms with Crippen molar-refractivity contribution in [2.45, 2.75) is 120 Å². The number of guanidine groups is 1. The van der Waals surface area contributed by atoms with Crippen LogP contribution in [0, 0.1) is 5.92 Å². The van der Waals surface area contributed by atoms with Gasteiger partial charge in [0.05, 0.1) is 19.0 Å². The van der Waals surface area contributed by atoms with E-state index in [1.807, 2.05) is 0 Å². The molecule has 0 aliphatic heterocycles. The van der Waals surface area contributed by atoms with Crippen molar-refractivity contribution in [3.05, 3.63) is 65.7 Å². The molecule has 73 heavy (non-hydrogen) atoms. The number of hydrogen-bond acceptors (Lipinski definition) is 14. The Morgan fingerprint density at radius 1 is 0.562 bits per heavy atom. The van der Waals surface area contributed by atoms with E-state index in [4.69, 9.17) is 33.8 Å². The van der Waals surface area contributed by atoms with Crippen molar-refractivity contribution in [1.29, 1.82) is 0 Å². The molecule has 0 saturated heterocycles. The third-order valence-corrected chi connectivity index (χ3v) is 10.6. The second-order valence-electron chi connectivity index (χ2n) is 17.3. The molecule has 9 amide bonds. The number of primary amides is 2. The van der Waals surface area contributed by atoms with E-state index in [1.54, 1.807) is 44.2 Å². The van der Waals surface area contributed by atoms with Crippen molar-refractivity contribution in [1.82, 2.24) is 37.2 Å². The smallest absolute Gasteiger partial charge is 0.326 e. The summed E-state index contributed by atoms with van der Waals surface area (Å²) < 4.78 is 0. The van der Waals surface area contributed by atoms with Crippen molar-refractivity contribution >= 4 is 71.1 Å². The van der Waals surface area contributed by atoms with Gasteiger partial charge in [0.25, 0.3) is 0 Å². The number of carboxylic acid groups (broad SMARTS) is 2. The van der Waals surface area contributed by atoms with Gasteiger partial charge in [-0.15, -0.1) is 0 Å². The minimum Gasteiger partial charge on any atom is -0.508 e. The first kappa shape index (κ1) is 60.8. The highest BCUT2D eigenvalue weighted by Crippen LogP contribution is 2.14. The zero-order valence-corrected chi connectivity index (χ0v) is 40.5. The number of carbonyl (C=O) groups is 11. The van der Waals surface area contributed by atoms with Gasteiger partial charge in [0.15, 0.2) is 5.96 Å². The van der Waals surface area contributed by atoms with Gasteiger partial charge in [0.2, 0.25) is 53.2 Å². The summed E-state index contributed by atoms with van der Waals surface area (Å²) in [6.07, 6.45) is -2.75. The number of amides is 9. The van der Waals surface area contributed by atoms with E-state index in [9.17, 15) is 63.0 Å². The van der Waals surface area contributed by atoms with E-state index in [1.165, 1.54) is 24.3 Å². The second-order valence-corrected chi connectivity index (χ2v) is 17.3. The molecule has 0 bridgehead atoms. The molecule has 2 rings (SSSR count). The SMILES string of the molecule is CC(C)C[C@H](NC(=O)[C@H](CC(N)=O)NC(=O)[C@@H](N)CCC(=O)O)C(=O)N[C@@H](Cc1ccc(O)cc1)C(=O)N[C@@H](Cc1ccccc1)C(=O)N[C@@H](CCC(N)=O)C(=O)NCC(=O)N[C@@H](CCCN=C(N)N)C(=O)O. The van der Waals surface area contributed by atoms with Gasteiger partial charge in [0.1, 0.15) is 42.0 Å². The van der Waals surface area contributed by atoms with Crippen LogP contribution in [0.15, 0.2) is 59.6 Å². The lowest BCUT2D eigenvalue weighted by atomic mass is 9.99. The average molecular weight is 1030 g/mol. The first-order chi connectivity index (χ1) is 34.3. The number of aromatic hydroxyl groups is 1. The Hall–Kier alpha value is -8.36. The predicted octanol–water partition coefficient (Wildman–Crippen LogP) is -4.28. The van der Waals surface area contributed by atoms with E-state index in [2.05, 4.69) is 42.2 Å². The molecule has 0 radical (unpaired) electrons. The largest absolute Gasteiger partial charge is 0.508 e. The maximum Gasteiger partial charge on any atom is 0.326 e. The molecule has 0 fully saturated rings. The maximum atomic E-state index is 14.5. The monoisotopic (exact) mass is 1030 g/mol. The molecule has 0 spiro atoms. The maximum absolute atomic E-state index is 14.5. The fourth-order valence-electron chi connectivity index (χ4n) is 6.88. The summed E-state index contributed by atoms with van der Waals surface area (Å²) >= 11 is 0. The number of nitrogens with two attached hydrogens (primary N) is 5. The topological polar surface area (TPSA) is 475 Å². The van der Waals surface area contributed by atoms with E-state index in [0.717, 1.165) is 0 Å². The highest BCUT2D eigenvalue weighted by Gasteiger charge is 2.34. The molecule has 7 atom stereocenters. The number of nitrogens with one attached hydrogen (secondary N) is 7. The lowest BCUT2D eigenvalue weighted by Crippen LogP contribution is -2.60. The van der Waals surface area contributed by atoms with Gasteiger partial charge in [-0.1, -0.05) is 56.3 Å². The summed E-state index contributed by atoms with van der Waals surface area (Å²) in [6, 6.07) is 3.40. The van der Waals surface area contributed by atoms with Crippen molar-refractivity contribution in [2.75, 3.05) is 13.1 Å². The minimum atomic E-state index is -1.66. The molecule has 0 aliphatic rings. The van der Waals surface area contributed by atoms with Crippen LogP contribution in [-0.2, 0) is 65.6 Å². The van der Waals surface area contributed by atoms with Crippen LogP contribution in [0.1, 0.15) is 76.3 Å². The van der Waals surface area contributed by atoms with Crippen LogP contribution in [0.3, 0.4) is 0 Å². The summed E-state index contributed by atoms with van der Waals surface area (Å²) in [5, 5.41) is 45.6. The van der Waals surface area contributed by atoms with Crippen LogP contribution >= 0.6 is 0 Å². The fourth-order valence-corrected chi connectivity index (χ4v) is 6.88. The highest BCUT2D eigenvalue weighted by atomic mass is 16.4. The van der Waals surface area contributed by atoms with Gasteiger partial charge < -0.3 is 81.2 Å². The van der Waals surface area contributed by atoms with Gasteiger partial charge in [-0.05, 0) is 61.3 Å². The van der Waals surface area contributed by atoms with Crippen molar-refractivity contribution in [3.8, 4) is 5.75 Å². The first-order valence-electron chi connectivity index (χ1n) is 23.1. The van der Waals surface area contributed by atoms with Crippen LogP contribution in [0.25, 0.3) is 0 Å². The van der Waals surface area contributed by atoms with Crippen molar-refractivity contribution in [2.24, 2.45) is 39.6 Å². The molecule has 0 aliphatic carbocycles. The molecule has 2 aromatic rings. The average Bonchev–Trinajstić information content (AvgIpc) is 3.31. The summed E-state index contributed by atoms with van der Waals surface area (Å²) in [5.74, 6) is -11.9. The molecule has 0 unspecified atom stereocenters. The first-order valence-corrected chi connectivity index (χ1v) is 23.1. The normalized spacial score (nSPS) is 13.7. The van der Waals surface area contributed by atoms with Gasteiger partial charge in [-0.3, -0.25) is 52.9 Å². The lowest BCUT2D eigenvalue weighted by molar-refractivity contribution is -0.142. The third-order valence-electron chi connectivity index (χ3n) is 10.6. The third kappa shape index (κ3) is 24.4. The zero-order chi connectivity index (χ0) is 54.8. The summed E-state index contributed by atoms with van der Waals surface area (Å²) in [4.78, 5) is 146. The quantitative estimate of drug-likeness (QED) is 0.0183. The number of phenolic OH excluding ortho intramolecular Hbond substituents is 1. The molecule has 2 aromatic carbocycles. The minimum absolute atomic E-state index is 0.0588.